The first-order chi connectivity index (χ1) is 12.1. The second-order valence-corrected chi connectivity index (χ2v) is 8.60. The summed E-state index contributed by atoms with van der Waals surface area (Å²) in [6, 6.07) is 13.6. The van der Waals surface area contributed by atoms with Gasteiger partial charge in [-0.1, -0.05) is 39.7 Å². The lowest BCUT2D eigenvalue weighted by atomic mass is 9.97. The monoisotopic (exact) mass is 434 g/mol. The predicted octanol–water partition coefficient (Wildman–Crippen LogP) is 5.73. The molecule has 1 aliphatic rings. The summed E-state index contributed by atoms with van der Waals surface area (Å²) in [4.78, 5) is 19.4. The fourth-order valence-corrected chi connectivity index (χ4v) is 4.92. The molecule has 1 aliphatic heterocycles. The van der Waals surface area contributed by atoms with Crippen LogP contribution in [0.2, 0.25) is 5.02 Å². The molecule has 25 heavy (non-hydrogen) atoms. The molecular weight excluding hydrogens is 420 g/mol. The summed E-state index contributed by atoms with van der Waals surface area (Å²) in [5.74, 6) is 0.438. The Balaban J connectivity index is 1.47. The maximum Gasteiger partial charge on any atom is 0.255 e. The number of likely N-dealkylation sites (tertiary alicyclic amines) is 1. The number of carbonyl (C=O) groups is 1. The first kappa shape index (κ1) is 17.0. The van der Waals surface area contributed by atoms with Gasteiger partial charge in [-0.25, -0.2) is 4.98 Å². The number of piperidine rings is 1. The van der Waals surface area contributed by atoms with Gasteiger partial charge in [0.1, 0.15) is 0 Å². The Bertz CT molecular complexity index is 901. The van der Waals surface area contributed by atoms with Crippen molar-refractivity contribution in [1.29, 1.82) is 0 Å². The van der Waals surface area contributed by atoms with E-state index < -0.39 is 0 Å². The van der Waals surface area contributed by atoms with Gasteiger partial charge in [0.25, 0.3) is 5.91 Å². The van der Waals surface area contributed by atoms with Gasteiger partial charge in [-0.15, -0.1) is 11.3 Å². The van der Waals surface area contributed by atoms with Crippen LogP contribution in [0.25, 0.3) is 10.2 Å². The third-order valence-electron chi connectivity index (χ3n) is 4.60. The van der Waals surface area contributed by atoms with E-state index in [1.165, 1.54) is 9.71 Å². The molecule has 0 unspecified atom stereocenters. The van der Waals surface area contributed by atoms with Gasteiger partial charge in [-0.3, -0.25) is 4.79 Å². The fourth-order valence-electron chi connectivity index (χ4n) is 3.23. The highest BCUT2D eigenvalue weighted by molar-refractivity contribution is 9.10. The lowest BCUT2D eigenvalue weighted by Crippen LogP contribution is -2.38. The summed E-state index contributed by atoms with van der Waals surface area (Å²) in [6.07, 6.45) is 1.88. The topological polar surface area (TPSA) is 33.2 Å². The molecule has 128 valence electrons. The molecule has 0 bridgehead atoms. The molecule has 1 aromatic heterocycles. The van der Waals surface area contributed by atoms with Crippen molar-refractivity contribution in [3.63, 3.8) is 0 Å². The van der Waals surface area contributed by atoms with Crippen LogP contribution in [0.5, 0.6) is 0 Å². The highest BCUT2D eigenvalue weighted by Crippen LogP contribution is 2.34. The number of hydrogen-bond donors (Lipinski definition) is 0. The van der Waals surface area contributed by atoms with Gasteiger partial charge in [-0.2, -0.15) is 0 Å². The Kier molecular flexibility index (Phi) is 4.80. The summed E-state index contributed by atoms with van der Waals surface area (Å²) in [7, 11) is 0. The van der Waals surface area contributed by atoms with E-state index in [4.69, 9.17) is 16.6 Å². The third-order valence-corrected chi connectivity index (χ3v) is 6.62. The van der Waals surface area contributed by atoms with E-state index in [0.717, 1.165) is 35.9 Å². The van der Waals surface area contributed by atoms with Crippen LogP contribution < -0.4 is 0 Å². The number of rotatable bonds is 2. The first-order valence-electron chi connectivity index (χ1n) is 8.21. The molecule has 1 amide bonds. The van der Waals surface area contributed by atoms with Crippen LogP contribution in [0.15, 0.2) is 46.9 Å². The molecule has 2 aromatic carbocycles. The SMILES string of the molecule is O=C(c1cc(Br)ccc1Cl)N1CCC(c2nc3ccccc3s2)CC1. The van der Waals surface area contributed by atoms with Crippen molar-refractivity contribution in [3.05, 3.63) is 62.5 Å². The predicted molar refractivity (Wildman–Crippen MR) is 107 cm³/mol. The number of fused-ring (bicyclic) bond motifs is 1. The maximum absolute atomic E-state index is 12.8. The highest BCUT2D eigenvalue weighted by atomic mass is 79.9. The van der Waals surface area contributed by atoms with Crippen molar-refractivity contribution < 1.29 is 4.79 Å². The van der Waals surface area contributed by atoms with Crippen LogP contribution >= 0.6 is 38.9 Å². The average molecular weight is 436 g/mol. The van der Waals surface area contributed by atoms with Crippen LogP contribution in [0, 0.1) is 0 Å². The van der Waals surface area contributed by atoms with E-state index in [9.17, 15) is 4.79 Å². The van der Waals surface area contributed by atoms with Crippen LogP contribution in [0.1, 0.15) is 34.1 Å². The molecule has 1 saturated heterocycles. The van der Waals surface area contributed by atoms with E-state index in [1.54, 1.807) is 23.5 Å². The Labute approximate surface area is 163 Å². The number of benzene rings is 2. The molecule has 2 heterocycles. The Morgan fingerprint density at radius 2 is 1.96 bits per heavy atom. The van der Waals surface area contributed by atoms with Gasteiger partial charge in [0.05, 0.1) is 25.8 Å². The van der Waals surface area contributed by atoms with Crippen LogP contribution in [-0.4, -0.2) is 28.9 Å². The van der Waals surface area contributed by atoms with E-state index in [-0.39, 0.29) is 5.91 Å². The minimum Gasteiger partial charge on any atom is -0.339 e. The molecular formula is C19H16BrClN2OS. The fraction of sp³-hybridized carbons (Fsp3) is 0.263. The van der Waals surface area contributed by atoms with Crippen LogP contribution in [-0.2, 0) is 0 Å². The molecule has 3 aromatic rings. The summed E-state index contributed by atoms with van der Waals surface area (Å²) in [5.41, 5.74) is 1.64. The van der Waals surface area contributed by atoms with Gasteiger partial charge in [-0.05, 0) is 43.2 Å². The summed E-state index contributed by atoms with van der Waals surface area (Å²) < 4.78 is 2.10. The molecule has 3 nitrogen and oxygen atoms in total. The van der Waals surface area contributed by atoms with Gasteiger partial charge in [0.15, 0.2) is 0 Å². The number of para-hydroxylation sites is 1. The van der Waals surface area contributed by atoms with Crippen molar-refractivity contribution >= 4 is 55.0 Å². The van der Waals surface area contributed by atoms with Gasteiger partial charge >= 0.3 is 0 Å². The lowest BCUT2D eigenvalue weighted by molar-refractivity contribution is 0.0713. The largest absolute Gasteiger partial charge is 0.339 e. The summed E-state index contributed by atoms with van der Waals surface area (Å²) in [6.45, 7) is 1.48. The summed E-state index contributed by atoms with van der Waals surface area (Å²) >= 11 is 11.4. The molecule has 1 fully saturated rings. The van der Waals surface area contributed by atoms with Gasteiger partial charge < -0.3 is 4.90 Å². The Morgan fingerprint density at radius 1 is 1.20 bits per heavy atom. The van der Waals surface area contributed by atoms with Gasteiger partial charge in [0.2, 0.25) is 0 Å². The highest BCUT2D eigenvalue weighted by Gasteiger charge is 2.27. The quantitative estimate of drug-likeness (QED) is 0.515. The molecule has 4 rings (SSSR count). The standard InChI is InChI=1S/C19H16BrClN2OS/c20-13-5-6-15(21)14(11-13)19(24)23-9-7-12(8-10-23)18-22-16-3-1-2-4-17(16)25-18/h1-6,11-12H,7-10H2. The molecule has 0 atom stereocenters. The van der Waals surface area contributed by atoms with E-state index in [1.807, 2.05) is 23.1 Å². The third kappa shape index (κ3) is 3.46. The lowest BCUT2D eigenvalue weighted by Gasteiger charge is -2.31. The number of thiazole rings is 1. The first-order valence-corrected chi connectivity index (χ1v) is 10.2. The zero-order valence-electron chi connectivity index (χ0n) is 13.4. The molecule has 0 radical (unpaired) electrons. The second kappa shape index (κ2) is 7.06. The number of nitrogens with zero attached hydrogens (tertiary/aromatic N) is 2. The molecule has 0 aliphatic carbocycles. The molecule has 0 saturated carbocycles. The van der Waals surface area contributed by atoms with Gasteiger partial charge in [0, 0.05) is 23.5 Å². The second-order valence-electron chi connectivity index (χ2n) is 6.21. The van der Waals surface area contributed by atoms with Crippen molar-refractivity contribution in [2.75, 3.05) is 13.1 Å². The van der Waals surface area contributed by atoms with Crippen molar-refractivity contribution in [2.24, 2.45) is 0 Å². The Morgan fingerprint density at radius 3 is 2.72 bits per heavy atom. The number of aromatic nitrogens is 1. The average Bonchev–Trinajstić information content (AvgIpc) is 3.07. The van der Waals surface area contributed by atoms with E-state index in [0.29, 0.717) is 16.5 Å². The smallest absolute Gasteiger partial charge is 0.255 e. The van der Waals surface area contributed by atoms with Crippen LogP contribution in [0.4, 0.5) is 0 Å². The van der Waals surface area contributed by atoms with Crippen LogP contribution in [0.3, 0.4) is 0 Å². The molecule has 0 spiro atoms. The number of halogens is 2. The number of hydrogen-bond acceptors (Lipinski definition) is 3. The van der Waals surface area contributed by atoms with E-state index >= 15 is 0 Å². The minimum absolute atomic E-state index is 0.00838. The zero-order valence-corrected chi connectivity index (χ0v) is 16.6. The molecule has 6 heteroatoms. The van der Waals surface area contributed by atoms with Crippen molar-refractivity contribution in [3.8, 4) is 0 Å². The number of carbonyl (C=O) groups excluding carboxylic acids is 1. The Hall–Kier alpha value is -1.43. The minimum atomic E-state index is 0.00838. The number of amides is 1. The normalized spacial score (nSPS) is 15.7. The maximum atomic E-state index is 12.8. The van der Waals surface area contributed by atoms with Crippen molar-refractivity contribution in [1.82, 2.24) is 9.88 Å². The molecule has 0 N–H and O–H groups in total. The van der Waals surface area contributed by atoms with Crippen molar-refractivity contribution in [2.45, 2.75) is 18.8 Å². The summed E-state index contributed by atoms with van der Waals surface area (Å²) in [5, 5.41) is 1.69. The zero-order chi connectivity index (χ0) is 17.4. The van der Waals surface area contributed by atoms with E-state index in [2.05, 4.69) is 28.1 Å².